The lowest BCUT2D eigenvalue weighted by atomic mass is 9.93. The summed E-state index contributed by atoms with van der Waals surface area (Å²) in [5.41, 5.74) is 7.62. The fourth-order valence-corrected chi connectivity index (χ4v) is 8.20. The first-order valence-electron chi connectivity index (χ1n) is 19.5. The largest absolute Gasteiger partial charge is 0.465 e. The van der Waals surface area contributed by atoms with Crippen LogP contribution in [0.3, 0.4) is 0 Å². The van der Waals surface area contributed by atoms with Crippen molar-refractivity contribution in [2.75, 3.05) is 34.4 Å². The number of hydrogen-bond donors (Lipinski definition) is 5. The van der Waals surface area contributed by atoms with Gasteiger partial charge in [-0.25, -0.2) is 19.6 Å². The molecule has 308 valence electrons. The molecule has 1 unspecified atom stereocenters. The van der Waals surface area contributed by atoms with Crippen LogP contribution in [-0.4, -0.2) is 118 Å². The van der Waals surface area contributed by atoms with Crippen LogP contribution >= 0.6 is 0 Å². The number of rotatable bonds is 12. The second-order valence-corrected chi connectivity index (χ2v) is 14.9. The Kier molecular flexibility index (Phi) is 12.1. The van der Waals surface area contributed by atoms with Gasteiger partial charge in [-0.3, -0.25) is 9.59 Å². The lowest BCUT2D eigenvalue weighted by Crippen LogP contribution is -2.54. The first-order valence-corrected chi connectivity index (χ1v) is 19.5. The van der Waals surface area contributed by atoms with E-state index in [-0.39, 0.29) is 23.9 Å². The summed E-state index contributed by atoms with van der Waals surface area (Å²) < 4.78 is 21.7. The quantitative estimate of drug-likeness (QED) is 0.130. The van der Waals surface area contributed by atoms with E-state index in [1.165, 1.54) is 21.3 Å². The molecule has 4 aromatic rings. The van der Waals surface area contributed by atoms with Crippen LogP contribution in [0.5, 0.6) is 0 Å². The van der Waals surface area contributed by atoms with E-state index < -0.39 is 36.5 Å². The summed E-state index contributed by atoms with van der Waals surface area (Å²) in [5.74, 6) is 0.696. The van der Waals surface area contributed by atoms with Crippen LogP contribution in [-0.2, 0) is 41.8 Å². The number of nitrogens with one attached hydrogen (secondary N) is 4. The Morgan fingerprint density at radius 2 is 1.22 bits per heavy atom. The van der Waals surface area contributed by atoms with E-state index in [0.29, 0.717) is 44.4 Å². The van der Waals surface area contributed by atoms with Crippen molar-refractivity contribution in [2.45, 2.75) is 89.1 Å². The van der Waals surface area contributed by atoms with Gasteiger partial charge in [-0.1, -0.05) is 24.3 Å². The van der Waals surface area contributed by atoms with Crippen LogP contribution in [0.4, 0.5) is 9.59 Å². The van der Waals surface area contributed by atoms with Crippen molar-refractivity contribution < 1.29 is 43.2 Å². The van der Waals surface area contributed by atoms with E-state index in [1.54, 1.807) is 36.0 Å². The normalized spacial score (nSPS) is 19.7. The number of ether oxygens (including phenoxy) is 4. The molecule has 0 aliphatic carbocycles. The van der Waals surface area contributed by atoms with E-state index in [1.807, 2.05) is 12.1 Å². The van der Waals surface area contributed by atoms with E-state index in [4.69, 9.17) is 23.9 Å². The Bertz CT molecular complexity index is 2150. The molecule has 58 heavy (non-hydrogen) atoms. The molecular formula is C41H50N8O9. The van der Waals surface area contributed by atoms with Crippen molar-refractivity contribution >= 4 is 24.0 Å². The molecule has 3 aliphatic rings. The molecule has 0 radical (unpaired) electrons. The molecule has 3 aliphatic heterocycles. The van der Waals surface area contributed by atoms with Crippen molar-refractivity contribution in [3.05, 3.63) is 71.6 Å². The molecule has 2 saturated heterocycles. The minimum atomic E-state index is -1.29. The molecule has 5 N–H and O–H groups in total. The van der Waals surface area contributed by atoms with Gasteiger partial charge < -0.3 is 54.5 Å². The van der Waals surface area contributed by atoms with Crippen LogP contribution < -0.4 is 10.6 Å². The molecule has 5 heterocycles. The van der Waals surface area contributed by atoms with Gasteiger partial charge in [0.1, 0.15) is 23.7 Å². The van der Waals surface area contributed by atoms with Gasteiger partial charge in [0.15, 0.2) is 0 Å². The lowest BCUT2D eigenvalue weighted by Gasteiger charge is -2.30. The fourth-order valence-electron chi connectivity index (χ4n) is 8.20. The van der Waals surface area contributed by atoms with Crippen molar-refractivity contribution in [3.8, 4) is 33.6 Å². The van der Waals surface area contributed by atoms with Crippen LogP contribution in [0.25, 0.3) is 33.6 Å². The molecule has 0 saturated carbocycles. The molecule has 17 heteroatoms. The zero-order valence-corrected chi connectivity index (χ0v) is 33.2. The van der Waals surface area contributed by atoms with Gasteiger partial charge in [0, 0.05) is 27.3 Å². The summed E-state index contributed by atoms with van der Waals surface area (Å²) in [6.45, 7) is 5.21. The molecule has 2 aromatic heterocycles. The standard InChI is InChI=1S/C41H50N8O9/c1-22(55-3)34(46-40(52)53)38(50)48-14-6-8-32(48)36-42-18-30(44-36)24-10-12-28-26(16-24)20-58-21-27-17-25(11-13-29(27)28)31-19-43-37(45-31)33-9-7-15-49(33)39(51)35(23(2)56-4)47-41(54)57-5/h10-13,16-19,22-23,32-35,46H,6-9,14-15,20-21H2,1-5H3,(H,42,44)(H,43,45)(H,47,54)(H,52,53)/t22-,23?,32+,33+,34+,35+/m1/s1. The van der Waals surface area contributed by atoms with Crippen molar-refractivity contribution in [2.24, 2.45) is 0 Å². The number of aromatic amines is 2. The van der Waals surface area contributed by atoms with Crippen LogP contribution in [0.15, 0.2) is 48.8 Å². The summed E-state index contributed by atoms with van der Waals surface area (Å²) >= 11 is 0. The predicted molar refractivity (Wildman–Crippen MR) is 210 cm³/mol. The number of likely N-dealkylation sites (tertiary alicyclic amines) is 2. The molecule has 4 amide bonds. The number of nitrogens with zero attached hydrogens (tertiary/aromatic N) is 4. The average Bonchev–Trinajstić information content (AvgIpc) is 4.07. The second kappa shape index (κ2) is 17.4. The van der Waals surface area contributed by atoms with Crippen LogP contribution in [0.1, 0.15) is 74.4 Å². The third-order valence-electron chi connectivity index (χ3n) is 11.5. The zero-order valence-electron chi connectivity index (χ0n) is 33.2. The average molecular weight is 799 g/mol. The van der Waals surface area contributed by atoms with E-state index in [2.05, 4.69) is 49.9 Å². The van der Waals surface area contributed by atoms with Gasteiger partial charge in [-0.15, -0.1) is 0 Å². The molecule has 17 nitrogen and oxygen atoms in total. The SMILES string of the molecule is COC(=O)N[C@H](C(=O)N1CCC[C@H]1c1ncc(-c2ccc3c(c2)COCc2cc(-c4cnc([C@@H]5CCCN5C(=O)[C@@H](NC(=O)O)[C@@H](C)OC)[nH]4)ccc2-3)[nH]1)C(C)OC. The lowest BCUT2D eigenvalue weighted by molar-refractivity contribution is -0.138. The number of imidazole rings is 2. The van der Waals surface area contributed by atoms with E-state index in [9.17, 15) is 24.3 Å². The van der Waals surface area contributed by atoms with Crippen molar-refractivity contribution in [3.63, 3.8) is 0 Å². The second-order valence-electron chi connectivity index (χ2n) is 14.9. The summed E-state index contributed by atoms with van der Waals surface area (Å²) in [7, 11) is 4.19. The Morgan fingerprint density at radius 1 is 0.759 bits per heavy atom. The van der Waals surface area contributed by atoms with Crippen molar-refractivity contribution in [1.82, 2.24) is 40.4 Å². The van der Waals surface area contributed by atoms with Gasteiger partial charge in [0.25, 0.3) is 0 Å². The molecule has 0 spiro atoms. The van der Waals surface area contributed by atoms with Gasteiger partial charge in [0.2, 0.25) is 11.8 Å². The molecule has 7 rings (SSSR count). The summed E-state index contributed by atoms with van der Waals surface area (Å²) in [6.07, 6.45) is 3.30. The van der Waals surface area contributed by atoms with Gasteiger partial charge in [-0.05, 0) is 85.0 Å². The summed E-state index contributed by atoms with van der Waals surface area (Å²) in [6, 6.07) is 9.89. The summed E-state index contributed by atoms with van der Waals surface area (Å²) in [4.78, 5) is 70.4. The number of H-pyrrole nitrogens is 2. The Balaban J connectivity index is 1.07. The highest BCUT2D eigenvalue weighted by atomic mass is 16.5. The van der Waals surface area contributed by atoms with Crippen LogP contribution in [0.2, 0.25) is 0 Å². The monoisotopic (exact) mass is 798 g/mol. The number of carbonyl (C=O) groups excluding carboxylic acids is 3. The third kappa shape index (κ3) is 8.14. The Labute approximate surface area is 335 Å². The molecule has 6 atom stereocenters. The van der Waals surface area contributed by atoms with Crippen molar-refractivity contribution in [1.29, 1.82) is 0 Å². The van der Waals surface area contributed by atoms with Crippen LogP contribution in [0, 0.1) is 0 Å². The highest BCUT2D eigenvalue weighted by Crippen LogP contribution is 2.38. The highest BCUT2D eigenvalue weighted by Gasteiger charge is 2.40. The number of hydrogen-bond acceptors (Lipinski definition) is 10. The number of amides is 4. The van der Waals surface area contributed by atoms with Gasteiger partial charge in [0.05, 0.1) is 68.4 Å². The third-order valence-corrected chi connectivity index (χ3v) is 11.5. The van der Waals surface area contributed by atoms with E-state index in [0.717, 1.165) is 64.0 Å². The Morgan fingerprint density at radius 3 is 1.66 bits per heavy atom. The smallest absolute Gasteiger partial charge is 0.407 e. The maximum absolute atomic E-state index is 13.7. The van der Waals surface area contributed by atoms with E-state index >= 15 is 0 Å². The van der Waals surface area contributed by atoms with Gasteiger partial charge in [-0.2, -0.15) is 0 Å². The maximum atomic E-state index is 13.7. The first-order chi connectivity index (χ1) is 28.0. The zero-order chi connectivity index (χ0) is 41.1. The number of carbonyl (C=O) groups is 4. The number of aromatic nitrogens is 4. The first kappa shape index (κ1) is 40.4. The predicted octanol–water partition coefficient (Wildman–Crippen LogP) is 4.92. The van der Waals surface area contributed by atoms with Gasteiger partial charge >= 0.3 is 12.2 Å². The number of fused-ring (bicyclic) bond motifs is 3. The Hall–Kier alpha value is -5.78. The number of methoxy groups -OCH3 is 3. The molecule has 0 bridgehead atoms. The minimum absolute atomic E-state index is 0.261. The minimum Gasteiger partial charge on any atom is -0.465 e. The molecule has 2 fully saturated rings. The number of carboxylic acid groups (broad SMARTS) is 1. The highest BCUT2D eigenvalue weighted by molar-refractivity contribution is 5.87. The maximum Gasteiger partial charge on any atom is 0.407 e. The topological polar surface area (TPSA) is 213 Å². The number of alkyl carbamates (subject to hydrolysis) is 1. The fraction of sp³-hybridized carbons (Fsp3) is 0.463. The molecule has 2 aromatic carbocycles. The summed E-state index contributed by atoms with van der Waals surface area (Å²) in [5, 5.41) is 14.3. The molecular weight excluding hydrogens is 748 g/mol. The number of benzene rings is 2.